The molecule has 0 bridgehead atoms. The summed E-state index contributed by atoms with van der Waals surface area (Å²) in [6.07, 6.45) is -3.37. The fourth-order valence-corrected chi connectivity index (χ4v) is 5.03. The van der Waals surface area contributed by atoms with Crippen molar-refractivity contribution in [3.8, 4) is 28.3 Å². The van der Waals surface area contributed by atoms with E-state index < -0.39 is 33.3 Å². The van der Waals surface area contributed by atoms with Gasteiger partial charge in [0.15, 0.2) is 9.84 Å². The van der Waals surface area contributed by atoms with Crippen molar-refractivity contribution in [1.82, 2.24) is 9.47 Å². The first kappa shape index (κ1) is 25.7. The second-order valence-electron chi connectivity index (χ2n) is 8.15. The molecule has 0 aliphatic carbocycles. The van der Waals surface area contributed by atoms with Gasteiger partial charge in [-0.05, 0) is 42.0 Å². The number of rotatable bonds is 7. The predicted octanol–water partition coefficient (Wildman–Crippen LogP) is 3.65. The van der Waals surface area contributed by atoms with Gasteiger partial charge in [-0.2, -0.15) is 0 Å². The van der Waals surface area contributed by atoms with Gasteiger partial charge in [0.2, 0.25) is 0 Å². The second-order valence-corrected chi connectivity index (χ2v) is 10.5. The van der Waals surface area contributed by atoms with Crippen LogP contribution in [0.15, 0.2) is 65.6 Å². The van der Waals surface area contributed by atoms with E-state index in [0.717, 1.165) is 12.1 Å². The first-order valence-electron chi connectivity index (χ1n) is 10.9. The molecule has 0 radical (unpaired) electrons. The van der Waals surface area contributed by atoms with E-state index in [0.29, 0.717) is 36.4 Å². The first-order valence-corrected chi connectivity index (χ1v) is 12.8. The second kappa shape index (κ2) is 10.3. The van der Waals surface area contributed by atoms with Gasteiger partial charge in [-0.25, -0.2) is 12.8 Å². The fraction of sp³-hybridized carbons (Fsp3) is 0.292. The molecule has 7 nitrogen and oxygen atoms in total. The monoisotopic (exact) mass is 526 g/mol. The average Bonchev–Trinajstić information content (AvgIpc) is 2.81. The Morgan fingerprint density at radius 2 is 1.58 bits per heavy atom. The van der Waals surface area contributed by atoms with Gasteiger partial charge in [-0.3, -0.25) is 14.3 Å². The van der Waals surface area contributed by atoms with Crippen LogP contribution in [-0.2, 0) is 9.84 Å². The van der Waals surface area contributed by atoms with E-state index in [1.165, 1.54) is 53.2 Å². The maximum Gasteiger partial charge on any atom is 0.573 e. The Balaban J connectivity index is 1.59. The van der Waals surface area contributed by atoms with Gasteiger partial charge in [-0.1, -0.05) is 12.1 Å². The summed E-state index contributed by atoms with van der Waals surface area (Å²) in [5, 5.41) is 0. The largest absolute Gasteiger partial charge is 0.573 e. The van der Waals surface area contributed by atoms with Crippen LogP contribution in [0, 0.1) is 5.82 Å². The van der Waals surface area contributed by atoms with E-state index in [1.54, 1.807) is 0 Å². The molecule has 1 fully saturated rings. The Kier molecular flexibility index (Phi) is 7.36. The summed E-state index contributed by atoms with van der Waals surface area (Å²) < 4.78 is 85.0. The standard InChI is InChI=1S/C24H22F4N2O5S/c25-18-3-1-17(2-4-18)21-16-30(19-5-7-20(8-6-19)35-24(26,27)28)23(31)15-22(21)34-12-9-29-10-13-36(32,33)14-11-29/h1-8,15-16H,9-14H2. The van der Waals surface area contributed by atoms with Crippen LogP contribution < -0.4 is 15.0 Å². The van der Waals surface area contributed by atoms with Gasteiger partial charge in [0.25, 0.3) is 5.56 Å². The lowest BCUT2D eigenvalue weighted by molar-refractivity contribution is -0.274. The van der Waals surface area contributed by atoms with Crippen molar-refractivity contribution in [3.05, 3.63) is 77.0 Å². The molecule has 0 atom stereocenters. The van der Waals surface area contributed by atoms with Gasteiger partial charge < -0.3 is 9.47 Å². The summed E-state index contributed by atoms with van der Waals surface area (Å²) in [7, 11) is -3.01. The van der Waals surface area contributed by atoms with E-state index in [1.807, 2.05) is 4.90 Å². The Hall–Kier alpha value is -3.38. The minimum absolute atomic E-state index is 0.0800. The zero-order valence-electron chi connectivity index (χ0n) is 18.9. The van der Waals surface area contributed by atoms with Crippen LogP contribution in [0.2, 0.25) is 0 Å². The number of benzene rings is 2. The number of sulfone groups is 1. The molecule has 2 heterocycles. The highest BCUT2D eigenvalue weighted by Gasteiger charge is 2.31. The average molecular weight is 527 g/mol. The molecular weight excluding hydrogens is 504 g/mol. The number of hydrogen-bond donors (Lipinski definition) is 0. The van der Waals surface area contributed by atoms with Crippen LogP contribution in [0.25, 0.3) is 16.8 Å². The number of ether oxygens (including phenoxy) is 2. The first-order chi connectivity index (χ1) is 17.0. The third-order valence-corrected chi connectivity index (χ3v) is 7.23. The van der Waals surface area contributed by atoms with Gasteiger partial charge in [-0.15, -0.1) is 13.2 Å². The Labute approximate surface area is 204 Å². The zero-order valence-corrected chi connectivity index (χ0v) is 19.7. The van der Waals surface area contributed by atoms with Gasteiger partial charge >= 0.3 is 6.36 Å². The lowest BCUT2D eigenvalue weighted by Crippen LogP contribution is -2.42. The maximum absolute atomic E-state index is 13.5. The lowest BCUT2D eigenvalue weighted by Gasteiger charge is -2.26. The summed E-state index contributed by atoms with van der Waals surface area (Å²) in [5.74, 6) is -0.476. The molecule has 0 unspecified atom stereocenters. The third kappa shape index (κ3) is 6.64. The summed E-state index contributed by atoms with van der Waals surface area (Å²) in [5.41, 5.74) is 0.816. The molecule has 4 rings (SSSR count). The quantitative estimate of drug-likeness (QED) is 0.438. The van der Waals surface area contributed by atoms with Crippen molar-refractivity contribution < 1.29 is 35.5 Å². The molecular formula is C24H22F4N2O5S. The number of hydrogen-bond acceptors (Lipinski definition) is 6. The SMILES string of the molecule is O=c1cc(OCCN2CCS(=O)(=O)CC2)c(-c2ccc(F)cc2)cn1-c1ccc(OC(F)(F)F)cc1. The number of aromatic nitrogens is 1. The van der Waals surface area contributed by atoms with Crippen molar-refractivity contribution >= 4 is 9.84 Å². The van der Waals surface area contributed by atoms with Crippen molar-refractivity contribution in [2.24, 2.45) is 0 Å². The van der Waals surface area contributed by atoms with Crippen LogP contribution in [-0.4, -0.2) is 62.0 Å². The molecule has 3 aromatic rings. The molecule has 0 saturated carbocycles. The number of halogens is 4. The maximum atomic E-state index is 13.5. The molecule has 0 N–H and O–H groups in total. The number of nitrogens with zero attached hydrogens (tertiary/aromatic N) is 2. The molecule has 0 spiro atoms. The van der Waals surface area contributed by atoms with Crippen LogP contribution in [0.4, 0.5) is 17.6 Å². The molecule has 192 valence electrons. The predicted molar refractivity (Wildman–Crippen MR) is 125 cm³/mol. The Morgan fingerprint density at radius 3 is 2.19 bits per heavy atom. The highest BCUT2D eigenvalue weighted by molar-refractivity contribution is 7.91. The molecule has 0 amide bonds. The minimum atomic E-state index is -4.84. The zero-order chi connectivity index (χ0) is 25.9. The van der Waals surface area contributed by atoms with E-state index in [-0.39, 0.29) is 23.9 Å². The Bertz CT molecular complexity index is 1360. The summed E-state index contributed by atoms with van der Waals surface area (Å²) >= 11 is 0. The van der Waals surface area contributed by atoms with E-state index in [9.17, 15) is 30.8 Å². The van der Waals surface area contributed by atoms with Gasteiger partial charge in [0, 0.05) is 43.1 Å². The van der Waals surface area contributed by atoms with Gasteiger partial charge in [0.1, 0.15) is 23.9 Å². The van der Waals surface area contributed by atoms with E-state index in [4.69, 9.17) is 4.74 Å². The lowest BCUT2D eigenvalue weighted by atomic mass is 10.1. The number of alkyl halides is 3. The van der Waals surface area contributed by atoms with Crippen molar-refractivity contribution in [3.63, 3.8) is 0 Å². The normalized spacial score (nSPS) is 16.0. The topological polar surface area (TPSA) is 77.8 Å². The molecule has 36 heavy (non-hydrogen) atoms. The highest BCUT2D eigenvalue weighted by Crippen LogP contribution is 2.30. The molecule has 2 aromatic carbocycles. The van der Waals surface area contributed by atoms with E-state index >= 15 is 0 Å². The van der Waals surface area contributed by atoms with Crippen LogP contribution in [0.3, 0.4) is 0 Å². The van der Waals surface area contributed by atoms with Gasteiger partial charge in [0.05, 0.1) is 11.5 Å². The van der Waals surface area contributed by atoms with Crippen molar-refractivity contribution in [1.29, 1.82) is 0 Å². The molecule has 1 aliphatic heterocycles. The van der Waals surface area contributed by atoms with Crippen LogP contribution >= 0.6 is 0 Å². The summed E-state index contributed by atoms with van der Waals surface area (Å²) in [6, 6.07) is 11.6. The summed E-state index contributed by atoms with van der Waals surface area (Å²) in [6.45, 7) is 1.42. The summed E-state index contributed by atoms with van der Waals surface area (Å²) in [4.78, 5) is 14.8. The number of pyridine rings is 1. The minimum Gasteiger partial charge on any atom is -0.491 e. The highest BCUT2D eigenvalue weighted by atomic mass is 32.2. The van der Waals surface area contributed by atoms with Crippen molar-refractivity contribution in [2.45, 2.75) is 6.36 Å². The molecule has 1 saturated heterocycles. The van der Waals surface area contributed by atoms with E-state index in [2.05, 4.69) is 4.74 Å². The van der Waals surface area contributed by atoms with Crippen molar-refractivity contribution in [2.75, 3.05) is 37.7 Å². The Morgan fingerprint density at radius 1 is 0.944 bits per heavy atom. The fourth-order valence-electron chi connectivity index (χ4n) is 3.75. The van der Waals surface area contributed by atoms with Crippen LogP contribution in [0.5, 0.6) is 11.5 Å². The molecule has 12 heteroatoms. The molecule has 1 aliphatic rings. The molecule has 1 aromatic heterocycles. The third-order valence-electron chi connectivity index (χ3n) is 5.62. The smallest absolute Gasteiger partial charge is 0.491 e. The van der Waals surface area contributed by atoms with Crippen LogP contribution in [0.1, 0.15) is 0 Å².